The minimum atomic E-state index is -0.229. The summed E-state index contributed by atoms with van der Waals surface area (Å²) in [4.78, 5) is 18.5. The van der Waals surface area contributed by atoms with Crippen LogP contribution in [0.15, 0.2) is 60.3 Å². The van der Waals surface area contributed by atoms with Crippen LogP contribution < -0.4 is 0 Å². The minimum absolute atomic E-state index is 0.0872. The van der Waals surface area contributed by atoms with E-state index in [1.54, 1.807) is 0 Å². The third-order valence-corrected chi connectivity index (χ3v) is 9.81. The lowest BCUT2D eigenvalue weighted by Crippen LogP contribution is -2.44. The van der Waals surface area contributed by atoms with Gasteiger partial charge in [-0.05, 0) is 97.9 Å². The number of amides is 1. The average molecular weight is 561 g/mol. The van der Waals surface area contributed by atoms with Crippen LogP contribution in [0.4, 0.5) is 4.39 Å². The number of halogens is 1. The number of likely N-dealkylation sites (tertiary alicyclic amines) is 1. The lowest BCUT2D eigenvalue weighted by molar-refractivity contribution is -0.130. The van der Waals surface area contributed by atoms with Crippen LogP contribution in [0.5, 0.6) is 0 Å². The lowest BCUT2D eigenvalue weighted by atomic mass is 9.86. The summed E-state index contributed by atoms with van der Waals surface area (Å²) >= 11 is 0. The molecule has 1 N–H and O–H groups in total. The van der Waals surface area contributed by atoms with Crippen molar-refractivity contribution in [3.05, 3.63) is 71.7 Å². The first-order valence-electron chi connectivity index (χ1n) is 16.2. The maximum atomic E-state index is 14.0. The zero-order valence-corrected chi connectivity index (χ0v) is 24.9. The monoisotopic (exact) mass is 560 g/mol. The van der Waals surface area contributed by atoms with Gasteiger partial charge in [-0.1, -0.05) is 75.1 Å². The Morgan fingerprint density at radius 1 is 0.878 bits per heavy atom. The van der Waals surface area contributed by atoms with Crippen molar-refractivity contribution < 1.29 is 14.3 Å². The van der Waals surface area contributed by atoms with E-state index in [0.717, 1.165) is 92.9 Å². The summed E-state index contributed by atoms with van der Waals surface area (Å²) < 4.78 is 13.6. The molecule has 3 atom stereocenters. The van der Waals surface area contributed by atoms with E-state index < -0.39 is 0 Å². The maximum absolute atomic E-state index is 14.0. The van der Waals surface area contributed by atoms with Crippen molar-refractivity contribution in [3.8, 4) is 11.1 Å². The predicted molar refractivity (Wildman–Crippen MR) is 164 cm³/mol. The molecule has 3 unspecified atom stereocenters. The van der Waals surface area contributed by atoms with Gasteiger partial charge in [-0.15, -0.1) is 0 Å². The van der Waals surface area contributed by atoms with Crippen molar-refractivity contribution in [2.24, 2.45) is 17.8 Å². The molecule has 2 aromatic carbocycles. The molecule has 4 nitrogen and oxygen atoms in total. The molecule has 5 rings (SSSR count). The maximum Gasteiger partial charge on any atom is 0.269 e. The van der Waals surface area contributed by atoms with Crippen LogP contribution in [0.1, 0.15) is 89.5 Å². The second kappa shape index (κ2) is 14.5. The van der Waals surface area contributed by atoms with E-state index in [9.17, 15) is 14.3 Å². The zero-order chi connectivity index (χ0) is 28.6. The van der Waals surface area contributed by atoms with Gasteiger partial charge >= 0.3 is 0 Å². The molecule has 2 fully saturated rings. The summed E-state index contributed by atoms with van der Waals surface area (Å²) in [5, 5.41) is 9.98. The molecule has 2 aliphatic heterocycles. The van der Waals surface area contributed by atoms with E-state index in [2.05, 4.69) is 41.0 Å². The number of piperidine rings is 1. The molecule has 2 heterocycles. The van der Waals surface area contributed by atoms with Crippen molar-refractivity contribution in [3.63, 3.8) is 0 Å². The van der Waals surface area contributed by atoms with Gasteiger partial charge in [0.15, 0.2) is 0 Å². The third-order valence-electron chi connectivity index (χ3n) is 9.81. The summed E-state index contributed by atoms with van der Waals surface area (Å²) in [7, 11) is 0. The van der Waals surface area contributed by atoms with Crippen molar-refractivity contribution in [1.29, 1.82) is 0 Å². The van der Waals surface area contributed by atoms with Crippen LogP contribution >= 0.6 is 0 Å². The van der Waals surface area contributed by atoms with Gasteiger partial charge < -0.3 is 14.9 Å². The lowest BCUT2D eigenvalue weighted by Gasteiger charge is -2.37. The number of aliphatic hydroxyl groups excluding tert-OH is 1. The molecule has 0 bridgehead atoms. The number of carbonyl (C=O) groups is 1. The fourth-order valence-corrected chi connectivity index (χ4v) is 7.25. The summed E-state index contributed by atoms with van der Waals surface area (Å²) in [5.41, 5.74) is 4.12. The Labute approximate surface area is 246 Å². The highest BCUT2D eigenvalue weighted by Gasteiger charge is 2.29. The smallest absolute Gasteiger partial charge is 0.269 e. The molecule has 1 amide bonds. The quantitative estimate of drug-likeness (QED) is 0.350. The average Bonchev–Trinajstić information content (AvgIpc) is 3.19. The standard InChI is InChI=1S/C36H49FN2O2/c1-27-7-2-5-12-35(39(25-27)26-31-9-3-4-11-34(31)30-16-18-32(37)19-17-30)36(41)38-23-21-29(22-24-38)14-13-28-8-6-10-33(40)20-15-28/h3-4,9,11-12,16-19,27-29,33,40H,2,5-8,10,13-15,20-26H2,1H3. The topological polar surface area (TPSA) is 43.8 Å². The first-order chi connectivity index (χ1) is 20.0. The molecule has 3 aliphatic rings. The van der Waals surface area contributed by atoms with Gasteiger partial charge in [0.1, 0.15) is 5.82 Å². The van der Waals surface area contributed by atoms with Gasteiger partial charge in [0.05, 0.1) is 11.8 Å². The molecule has 0 spiro atoms. The molecule has 41 heavy (non-hydrogen) atoms. The normalized spacial score (nSPS) is 24.8. The summed E-state index contributed by atoms with van der Waals surface area (Å²) in [6, 6.07) is 15.1. The molecule has 0 radical (unpaired) electrons. The van der Waals surface area contributed by atoms with Crippen molar-refractivity contribution in [2.45, 2.75) is 96.6 Å². The molecule has 0 aromatic heterocycles. The Morgan fingerprint density at radius 2 is 1.61 bits per heavy atom. The van der Waals surface area contributed by atoms with E-state index in [1.807, 2.05) is 18.2 Å². The van der Waals surface area contributed by atoms with Gasteiger partial charge in [-0.2, -0.15) is 0 Å². The van der Waals surface area contributed by atoms with Crippen molar-refractivity contribution >= 4 is 5.91 Å². The van der Waals surface area contributed by atoms with Gasteiger partial charge in [0, 0.05) is 26.2 Å². The summed E-state index contributed by atoms with van der Waals surface area (Å²) in [6.07, 6.45) is 15.6. The van der Waals surface area contributed by atoms with Crippen LogP contribution in [-0.2, 0) is 11.3 Å². The molecule has 222 valence electrons. The summed E-state index contributed by atoms with van der Waals surface area (Å²) in [6.45, 7) is 5.52. The number of allylic oxidation sites excluding steroid dienone is 1. The second-order valence-electron chi connectivity index (χ2n) is 13.0. The van der Waals surface area contributed by atoms with Gasteiger partial charge in [0.2, 0.25) is 0 Å². The molecule has 5 heteroatoms. The first-order valence-corrected chi connectivity index (χ1v) is 16.2. The predicted octanol–water partition coefficient (Wildman–Crippen LogP) is 7.96. The van der Waals surface area contributed by atoms with E-state index in [4.69, 9.17) is 0 Å². The van der Waals surface area contributed by atoms with Crippen LogP contribution in [0.2, 0.25) is 0 Å². The Hall–Kier alpha value is -2.66. The molecule has 2 aromatic rings. The number of hydrogen-bond acceptors (Lipinski definition) is 3. The van der Waals surface area contributed by atoms with E-state index in [0.29, 0.717) is 18.4 Å². The van der Waals surface area contributed by atoms with Crippen LogP contribution in [0.3, 0.4) is 0 Å². The number of benzene rings is 2. The van der Waals surface area contributed by atoms with Crippen molar-refractivity contribution in [2.75, 3.05) is 19.6 Å². The van der Waals surface area contributed by atoms with E-state index in [1.165, 1.54) is 44.2 Å². The minimum Gasteiger partial charge on any atom is -0.393 e. The second-order valence-corrected chi connectivity index (χ2v) is 13.0. The first kappa shape index (κ1) is 29.8. The van der Waals surface area contributed by atoms with Gasteiger partial charge in [0.25, 0.3) is 5.91 Å². The van der Waals surface area contributed by atoms with E-state index >= 15 is 0 Å². The molecule has 1 saturated heterocycles. The zero-order valence-electron chi connectivity index (χ0n) is 24.9. The Bertz CT molecular complexity index is 1150. The highest BCUT2D eigenvalue weighted by atomic mass is 19.1. The highest BCUT2D eigenvalue weighted by Crippen LogP contribution is 2.32. The largest absolute Gasteiger partial charge is 0.393 e. The molecular formula is C36H49FN2O2. The van der Waals surface area contributed by atoms with Crippen LogP contribution in [-0.4, -0.2) is 46.6 Å². The molecule has 1 aliphatic carbocycles. The Kier molecular flexibility index (Phi) is 10.5. The number of nitrogens with zero attached hydrogens (tertiary/aromatic N) is 2. The Balaban J connectivity index is 1.24. The molecular weight excluding hydrogens is 511 g/mol. The third kappa shape index (κ3) is 8.22. The fourth-order valence-electron chi connectivity index (χ4n) is 7.25. The van der Waals surface area contributed by atoms with Gasteiger partial charge in [-0.25, -0.2) is 4.39 Å². The summed E-state index contributed by atoms with van der Waals surface area (Å²) in [5.74, 6) is 1.94. The molecule has 1 saturated carbocycles. The van der Waals surface area contributed by atoms with E-state index in [-0.39, 0.29) is 17.8 Å². The number of rotatable bonds is 7. The van der Waals surface area contributed by atoms with Crippen LogP contribution in [0.25, 0.3) is 11.1 Å². The van der Waals surface area contributed by atoms with Crippen LogP contribution in [0, 0.1) is 23.6 Å². The Morgan fingerprint density at radius 3 is 2.39 bits per heavy atom. The number of aliphatic hydroxyl groups is 1. The number of carbonyl (C=O) groups excluding carboxylic acids is 1. The van der Waals surface area contributed by atoms with Gasteiger partial charge in [-0.3, -0.25) is 4.79 Å². The van der Waals surface area contributed by atoms with Crippen molar-refractivity contribution in [1.82, 2.24) is 9.80 Å². The number of hydrogen-bond donors (Lipinski definition) is 1. The SMILES string of the molecule is CC1CCCC=C(C(=O)N2CCC(CCC3CCCC(O)CC3)CC2)N(Cc2ccccc2-c2ccc(F)cc2)C1. The fraction of sp³-hybridized carbons (Fsp3) is 0.583. The highest BCUT2D eigenvalue weighted by molar-refractivity contribution is 5.93.